The van der Waals surface area contributed by atoms with Gasteiger partial charge >= 0.3 is 0 Å². The number of hydrogen-bond acceptors (Lipinski definition) is 1. The molecule has 0 fully saturated rings. The van der Waals surface area contributed by atoms with Gasteiger partial charge in [-0.3, -0.25) is 0 Å². The van der Waals surface area contributed by atoms with Crippen LogP contribution in [0.5, 0.6) is 0 Å². The number of rotatable bonds is 7. The highest BCUT2D eigenvalue weighted by Crippen LogP contribution is 2.18. The third-order valence-electron chi connectivity index (χ3n) is 2.83. The van der Waals surface area contributed by atoms with Gasteiger partial charge in [0.25, 0.3) is 0 Å². The minimum absolute atomic E-state index is 0.376. The van der Waals surface area contributed by atoms with Crippen molar-refractivity contribution in [1.82, 2.24) is 5.32 Å². The quantitative estimate of drug-likeness (QED) is 0.484. The summed E-state index contributed by atoms with van der Waals surface area (Å²) in [7, 11) is 0. The largest absolute Gasteiger partial charge is 0.314 e. The average Bonchev–Trinajstić information content (AvgIpc) is 2.09. The smallest absolute Gasteiger partial charge is 0.00872 e. The molecule has 0 bridgehead atoms. The molecule has 14 heavy (non-hydrogen) atoms. The van der Waals surface area contributed by atoms with E-state index in [-0.39, 0.29) is 0 Å². The van der Waals surface area contributed by atoms with Crippen LogP contribution in [0.3, 0.4) is 0 Å². The fraction of sp³-hybridized carbons (Fsp3) is 0.846. The molecule has 0 aromatic rings. The molecule has 1 unspecified atom stereocenters. The van der Waals surface area contributed by atoms with Gasteiger partial charge in [0.05, 0.1) is 0 Å². The molecule has 0 aliphatic carbocycles. The molecule has 1 heteroatoms. The first kappa shape index (κ1) is 13.7. The van der Waals surface area contributed by atoms with E-state index in [0.717, 1.165) is 13.0 Å². The summed E-state index contributed by atoms with van der Waals surface area (Å²) in [5.74, 6) is 0. The second-order valence-electron chi connectivity index (χ2n) is 5.18. The van der Waals surface area contributed by atoms with Gasteiger partial charge in [0.2, 0.25) is 0 Å². The first-order chi connectivity index (χ1) is 6.48. The zero-order chi connectivity index (χ0) is 11.0. The maximum absolute atomic E-state index is 3.72. The standard InChI is InChI=1S/C13H27N/c1-6-7-8-9-10-11-14-12(2)13(3,4)5/h6,12,14H,1,7-11H2,2-5H3. The molecule has 1 N–H and O–H groups in total. The molecule has 0 amide bonds. The molecular formula is C13H27N. The fourth-order valence-corrected chi connectivity index (χ4v) is 1.22. The van der Waals surface area contributed by atoms with Crippen LogP contribution in [0, 0.1) is 5.41 Å². The SMILES string of the molecule is C=CCCCCCNC(C)C(C)(C)C. The normalized spacial score (nSPS) is 14.0. The molecule has 0 aliphatic heterocycles. The molecule has 0 radical (unpaired) electrons. The van der Waals surface area contributed by atoms with E-state index in [9.17, 15) is 0 Å². The number of hydrogen-bond donors (Lipinski definition) is 1. The Bertz CT molecular complexity index is 144. The maximum Gasteiger partial charge on any atom is 0.00872 e. The highest BCUT2D eigenvalue weighted by molar-refractivity contribution is 4.75. The maximum atomic E-state index is 3.72. The average molecular weight is 197 g/mol. The van der Waals surface area contributed by atoms with Crippen LogP contribution in [0.15, 0.2) is 12.7 Å². The zero-order valence-corrected chi connectivity index (χ0v) is 10.4. The van der Waals surface area contributed by atoms with Crippen LogP contribution in [0.25, 0.3) is 0 Å². The van der Waals surface area contributed by atoms with Gasteiger partial charge in [0, 0.05) is 6.04 Å². The first-order valence-electron chi connectivity index (χ1n) is 5.82. The Kier molecular flexibility index (Phi) is 6.90. The van der Waals surface area contributed by atoms with Crippen LogP contribution < -0.4 is 5.32 Å². The number of nitrogens with one attached hydrogen (secondary N) is 1. The van der Waals surface area contributed by atoms with Gasteiger partial charge in [-0.2, -0.15) is 0 Å². The lowest BCUT2D eigenvalue weighted by molar-refractivity contribution is 0.285. The van der Waals surface area contributed by atoms with E-state index in [0.29, 0.717) is 11.5 Å². The van der Waals surface area contributed by atoms with Crippen molar-refractivity contribution >= 4 is 0 Å². The van der Waals surface area contributed by atoms with Crippen molar-refractivity contribution in [2.45, 2.75) is 59.4 Å². The number of unbranched alkanes of at least 4 members (excludes halogenated alkanes) is 3. The Hall–Kier alpha value is -0.300. The molecule has 0 spiro atoms. The predicted octanol–water partition coefficient (Wildman–Crippen LogP) is 3.76. The molecule has 0 saturated carbocycles. The number of allylic oxidation sites excluding steroid dienone is 1. The van der Waals surface area contributed by atoms with Crippen LogP contribution >= 0.6 is 0 Å². The van der Waals surface area contributed by atoms with Crippen molar-refractivity contribution in [3.63, 3.8) is 0 Å². The van der Waals surface area contributed by atoms with E-state index in [4.69, 9.17) is 0 Å². The topological polar surface area (TPSA) is 12.0 Å². The van der Waals surface area contributed by atoms with Crippen LogP contribution in [0.1, 0.15) is 53.4 Å². The van der Waals surface area contributed by atoms with E-state index in [2.05, 4.69) is 39.6 Å². The van der Waals surface area contributed by atoms with Crippen LogP contribution in [0.2, 0.25) is 0 Å². The Labute approximate surface area is 90.0 Å². The minimum atomic E-state index is 0.376. The van der Waals surface area contributed by atoms with Crippen molar-refractivity contribution < 1.29 is 0 Å². The lowest BCUT2D eigenvalue weighted by Crippen LogP contribution is -2.38. The van der Waals surface area contributed by atoms with E-state index in [1.807, 2.05) is 6.08 Å². The van der Waals surface area contributed by atoms with Crippen molar-refractivity contribution in [2.24, 2.45) is 5.41 Å². The highest BCUT2D eigenvalue weighted by atomic mass is 14.9. The summed E-state index contributed by atoms with van der Waals surface area (Å²) in [5, 5.41) is 3.57. The molecule has 0 heterocycles. The Morgan fingerprint density at radius 3 is 2.36 bits per heavy atom. The summed E-state index contributed by atoms with van der Waals surface area (Å²) < 4.78 is 0. The molecule has 0 aromatic carbocycles. The fourth-order valence-electron chi connectivity index (χ4n) is 1.22. The third kappa shape index (κ3) is 7.14. The molecule has 0 rings (SSSR count). The van der Waals surface area contributed by atoms with E-state index in [1.165, 1.54) is 19.3 Å². The molecule has 1 nitrogen and oxygen atoms in total. The molecule has 1 atom stereocenters. The minimum Gasteiger partial charge on any atom is -0.314 e. The Morgan fingerprint density at radius 2 is 1.86 bits per heavy atom. The van der Waals surface area contributed by atoms with Crippen molar-refractivity contribution in [3.8, 4) is 0 Å². The third-order valence-corrected chi connectivity index (χ3v) is 2.83. The Balaban J connectivity index is 3.32. The lowest BCUT2D eigenvalue weighted by atomic mass is 9.88. The summed E-state index contributed by atoms with van der Waals surface area (Å²) in [5.41, 5.74) is 0.376. The van der Waals surface area contributed by atoms with Crippen LogP contribution in [-0.2, 0) is 0 Å². The van der Waals surface area contributed by atoms with Gasteiger partial charge < -0.3 is 5.32 Å². The zero-order valence-electron chi connectivity index (χ0n) is 10.4. The molecule has 0 aliphatic rings. The Morgan fingerprint density at radius 1 is 1.21 bits per heavy atom. The van der Waals surface area contributed by atoms with Gasteiger partial charge in [0.15, 0.2) is 0 Å². The second-order valence-corrected chi connectivity index (χ2v) is 5.18. The van der Waals surface area contributed by atoms with Gasteiger partial charge in [-0.25, -0.2) is 0 Å². The molecule has 84 valence electrons. The summed E-state index contributed by atoms with van der Waals surface area (Å²) in [6, 6.07) is 0.599. The molecule has 0 aromatic heterocycles. The summed E-state index contributed by atoms with van der Waals surface area (Å²) in [4.78, 5) is 0. The van der Waals surface area contributed by atoms with Gasteiger partial charge in [-0.15, -0.1) is 6.58 Å². The van der Waals surface area contributed by atoms with E-state index in [1.54, 1.807) is 0 Å². The van der Waals surface area contributed by atoms with Crippen molar-refractivity contribution in [1.29, 1.82) is 0 Å². The lowest BCUT2D eigenvalue weighted by Gasteiger charge is -2.28. The summed E-state index contributed by atoms with van der Waals surface area (Å²) in [6.45, 7) is 14.0. The predicted molar refractivity (Wildman–Crippen MR) is 65.6 cm³/mol. The monoisotopic (exact) mass is 197 g/mol. The second kappa shape index (κ2) is 7.05. The van der Waals surface area contributed by atoms with Gasteiger partial charge in [0.1, 0.15) is 0 Å². The molecular weight excluding hydrogens is 170 g/mol. The van der Waals surface area contributed by atoms with Crippen LogP contribution in [-0.4, -0.2) is 12.6 Å². The van der Waals surface area contributed by atoms with E-state index >= 15 is 0 Å². The van der Waals surface area contributed by atoms with E-state index < -0.39 is 0 Å². The summed E-state index contributed by atoms with van der Waals surface area (Å²) >= 11 is 0. The van der Waals surface area contributed by atoms with Crippen LogP contribution in [0.4, 0.5) is 0 Å². The summed E-state index contributed by atoms with van der Waals surface area (Å²) in [6.07, 6.45) is 7.05. The van der Waals surface area contributed by atoms with Gasteiger partial charge in [-0.05, 0) is 38.1 Å². The highest BCUT2D eigenvalue weighted by Gasteiger charge is 2.18. The van der Waals surface area contributed by atoms with Crippen molar-refractivity contribution in [3.05, 3.63) is 12.7 Å². The van der Waals surface area contributed by atoms with Crippen molar-refractivity contribution in [2.75, 3.05) is 6.54 Å². The first-order valence-corrected chi connectivity index (χ1v) is 5.82. The molecule has 0 saturated heterocycles. The van der Waals surface area contributed by atoms with Gasteiger partial charge in [-0.1, -0.05) is 33.3 Å².